The van der Waals surface area contributed by atoms with E-state index in [4.69, 9.17) is 9.47 Å². The van der Waals surface area contributed by atoms with Crippen LogP contribution in [0.25, 0.3) is 0 Å². The van der Waals surface area contributed by atoms with Crippen molar-refractivity contribution in [2.24, 2.45) is 0 Å². The number of urea groups is 1. The average Bonchev–Trinajstić information content (AvgIpc) is 3.31. The maximum Gasteiger partial charge on any atom is 0.325 e. The molecule has 0 bridgehead atoms. The third-order valence-electron chi connectivity index (χ3n) is 6.20. The monoisotopic (exact) mass is 406 g/mol. The highest BCUT2D eigenvalue weighted by atomic mass is 16.7. The zero-order chi connectivity index (χ0) is 20.9. The molecule has 7 nitrogen and oxygen atoms in total. The summed E-state index contributed by atoms with van der Waals surface area (Å²) in [6, 6.07) is 10.2. The molecule has 0 aromatic heterocycles. The van der Waals surface area contributed by atoms with E-state index in [9.17, 15) is 14.4 Å². The maximum absolute atomic E-state index is 13.2. The summed E-state index contributed by atoms with van der Waals surface area (Å²) in [5.41, 5.74) is 2.31. The Morgan fingerprint density at radius 3 is 2.63 bits per heavy atom. The fraction of sp³-hybridized carbons (Fsp3) is 0.348. The molecule has 0 saturated carbocycles. The number of imide groups is 1. The Labute approximate surface area is 174 Å². The van der Waals surface area contributed by atoms with E-state index in [1.807, 2.05) is 12.1 Å². The van der Waals surface area contributed by atoms with Crippen LogP contribution in [-0.2, 0) is 23.2 Å². The van der Waals surface area contributed by atoms with Gasteiger partial charge in [-0.3, -0.25) is 14.5 Å². The summed E-state index contributed by atoms with van der Waals surface area (Å²) in [6.07, 6.45) is 4.28. The summed E-state index contributed by atoms with van der Waals surface area (Å²) in [6.45, 7) is 1.47. The predicted molar refractivity (Wildman–Crippen MR) is 108 cm³/mol. The quantitative estimate of drug-likeness (QED) is 0.623. The molecule has 1 fully saturated rings. The Kier molecular flexibility index (Phi) is 4.27. The van der Waals surface area contributed by atoms with E-state index in [1.54, 1.807) is 31.2 Å². The zero-order valence-corrected chi connectivity index (χ0v) is 16.7. The highest BCUT2D eigenvalue weighted by Crippen LogP contribution is 2.38. The lowest BCUT2D eigenvalue weighted by Crippen LogP contribution is -2.41. The van der Waals surface area contributed by atoms with Crippen molar-refractivity contribution >= 4 is 17.7 Å². The number of rotatable bonds is 4. The number of hydrogen-bond donors (Lipinski definition) is 1. The molecule has 7 heteroatoms. The van der Waals surface area contributed by atoms with Gasteiger partial charge in [-0.2, -0.15) is 0 Å². The highest BCUT2D eigenvalue weighted by molar-refractivity contribution is 6.11. The van der Waals surface area contributed by atoms with Crippen LogP contribution in [0.3, 0.4) is 0 Å². The first-order valence-electron chi connectivity index (χ1n) is 10.1. The van der Waals surface area contributed by atoms with E-state index in [0.717, 1.165) is 24.2 Å². The maximum atomic E-state index is 13.2. The molecule has 3 aliphatic rings. The van der Waals surface area contributed by atoms with Gasteiger partial charge in [-0.05, 0) is 67.5 Å². The smallest absolute Gasteiger partial charge is 0.325 e. The van der Waals surface area contributed by atoms with Gasteiger partial charge < -0.3 is 14.8 Å². The van der Waals surface area contributed by atoms with E-state index >= 15 is 0 Å². The number of carbonyl (C=O) groups excluding carboxylic acids is 3. The summed E-state index contributed by atoms with van der Waals surface area (Å²) in [7, 11) is 0. The number of ether oxygens (including phenoxy) is 2. The second-order valence-corrected chi connectivity index (χ2v) is 8.13. The number of fused-ring (bicyclic) bond motifs is 2. The first kappa shape index (κ1) is 18.7. The van der Waals surface area contributed by atoms with Crippen molar-refractivity contribution in [1.29, 1.82) is 0 Å². The third-order valence-corrected chi connectivity index (χ3v) is 6.20. The Morgan fingerprint density at radius 1 is 1.03 bits per heavy atom. The van der Waals surface area contributed by atoms with Gasteiger partial charge in [0.05, 0.1) is 6.54 Å². The summed E-state index contributed by atoms with van der Waals surface area (Å²) in [4.78, 5) is 39.6. The molecule has 3 amide bonds. The summed E-state index contributed by atoms with van der Waals surface area (Å²) >= 11 is 0. The molecule has 2 aromatic carbocycles. The minimum Gasteiger partial charge on any atom is -0.454 e. The van der Waals surface area contributed by atoms with Crippen LogP contribution in [0.4, 0.5) is 4.79 Å². The van der Waals surface area contributed by atoms with Gasteiger partial charge in [0, 0.05) is 5.56 Å². The average molecular weight is 406 g/mol. The zero-order valence-electron chi connectivity index (χ0n) is 16.7. The normalized spacial score (nSPS) is 22.1. The van der Waals surface area contributed by atoms with Crippen LogP contribution in [0.5, 0.6) is 11.5 Å². The standard InChI is InChI=1S/C23H22N2O5/c1-23(17-8-9-19-20(11-17)30-13-29-19)21(27)25(22(28)24-23)12-18(26)16-7-6-14-4-2-3-5-15(14)10-16/h6-11H,2-5,12-13H2,1H3,(H,24,28)/t23-/m0/s1. The number of aryl methyl sites for hydroxylation is 2. The molecule has 0 unspecified atom stereocenters. The minimum absolute atomic E-state index is 0.122. The van der Waals surface area contributed by atoms with Gasteiger partial charge in [-0.1, -0.05) is 18.2 Å². The van der Waals surface area contributed by atoms with Gasteiger partial charge in [-0.15, -0.1) is 0 Å². The van der Waals surface area contributed by atoms with Crippen molar-refractivity contribution in [3.8, 4) is 11.5 Å². The van der Waals surface area contributed by atoms with Crippen LogP contribution >= 0.6 is 0 Å². The van der Waals surface area contributed by atoms with Gasteiger partial charge in [0.15, 0.2) is 17.3 Å². The molecule has 1 N–H and O–H groups in total. The van der Waals surface area contributed by atoms with Crippen LogP contribution in [-0.4, -0.2) is 36.0 Å². The van der Waals surface area contributed by atoms with E-state index in [0.29, 0.717) is 22.6 Å². The van der Waals surface area contributed by atoms with Crippen molar-refractivity contribution in [3.63, 3.8) is 0 Å². The topological polar surface area (TPSA) is 84.9 Å². The molecule has 0 radical (unpaired) electrons. The Bertz CT molecular complexity index is 1080. The minimum atomic E-state index is -1.27. The molecule has 1 saturated heterocycles. The second-order valence-electron chi connectivity index (χ2n) is 8.13. The first-order valence-corrected chi connectivity index (χ1v) is 10.1. The summed E-state index contributed by atoms with van der Waals surface area (Å²) in [5.74, 6) is 0.414. The van der Waals surface area contributed by atoms with Gasteiger partial charge >= 0.3 is 6.03 Å². The van der Waals surface area contributed by atoms with Crippen LogP contribution in [0.1, 0.15) is 46.8 Å². The molecule has 2 aliphatic heterocycles. The van der Waals surface area contributed by atoms with E-state index in [1.165, 1.54) is 17.5 Å². The van der Waals surface area contributed by atoms with Crippen molar-refractivity contribution < 1.29 is 23.9 Å². The number of hydrogen-bond acceptors (Lipinski definition) is 5. The van der Waals surface area contributed by atoms with Gasteiger partial charge in [0.1, 0.15) is 5.54 Å². The predicted octanol–water partition coefficient (Wildman–Crippen LogP) is 2.94. The number of nitrogens with zero attached hydrogens (tertiary/aromatic N) is 1. The van der Waals surface area contributed by atoms with Crippen LogP contribution < -0.4 is 14.8 Å². The molecular weight excluding hydrogens is 384 g/mol. The number of Topliss-reactive ketones (excluding diaryl/α,β-unsaturated/α-hetero) is 1. The van der Waals surface area contributed by atoms with Gasteiger partial charge in [-0.25, -0.2) is 4.79 Å². The van der Waals surface area contributed by atoms with Crippen LogP contribution in [0.2, 0.25) is 0 Å². The first-order chi connectivity index (χ1) is 14.5. The Hall–Kier alpha value is -3.35. The van der Waals surface area contributed by atoms with Crippen molar-refractivity contribution in [3.05, 3.63) is 58.7 Å². The number of benzene rings is 2. The SMILES string of the molecule is C[C@@]1(c2ccc3c(c2)OCO3)NC(=O)N(CC(=O)c2ccc3c(c2)CCCC3)C1=O. The Morgan fingerprint density at radius 2 is 1.80 bits per heavy atom. The van der Waals surface area contributed by atoms with Crippen molar-refractivity contribution in [2.45, 2.75) is 38.1 Å². The molecule has 2 aromatic rings. The number of amides is 3. The van der Waals surface area contributed by atoms with E-state index < -0.39 is 17.5 Å². The molecule has 154 valence electrons. The van der Waals surface area contributed by atoms with E-state index in [-0.39, 0.29) is 19.1 Å². The molecule has 1 aliphatic carbocycles. The van der Waals surface area contributed by atoms with Gasteiger partial charge in [0.25, 0.3) is 5.91 Å². The molecule has 2 heterocycles. The lowest BCUT2D eigenvalue weighted by atomic mass is 9.89. The molecule has 30 heavy (non-hydrogen) atoms. The summed E-state index contributed by atoms with van der Waals surface area (Å²) < 4.78 is 10.7. The number of ketones is 1. The van der Waals surface area contributed by atoms with Crippen molar-refractivity contribution in [2.75, 3.05) is 13.3 Å². The largest absolute Gasteiger partial charge is 0.454 e. The molecule has 1 atom stereocenters. The molecule has 0 spiro atoms. The molecular formula is C23H22N2O5. The van der Waals surface area contributed by atoms with E-state index in [2.05, 4.69) is 5.32 Å². The lowest BCUT2D eigenvalue weighted by molar-refractivity contribution is -0.130. The highest BCUT2D eigenvalue weighted by Gasteiger charge is 2.49. The van der Waals surface area contributed by atoms with Crippen LogP contribution in [0, 0.1) is 0 Å². The number of carbonyl (C=O) groups is 3. The Balaban J connectivity index is 1.37. The molecule has 5 rings (SSSR count). The number of nitrogens with one attached hydrogen (secondary N) is 1. The third kappa shape index (κ3) is 2.93. The second kappa shape index (κ2) is 6.86. The summed E-state index contributed by atoms with van der Waals surface area (Å²) in [5, 5.41) is 2.73. The van der Waals surface area contributed by atoms with Gasteiger partial charge in [0.2, 0.25) is 6.79 Å². The van der Waals surface area contributed by atoms with Crippen molar-refractivity contribution in [1.82, 2.24) is 10.2 Å². The van der Waals surface area contributed by atoms with Crippen LogP contribution in [0.15, 0.2) is 36.4 Å². The fourth-order valence-electron chi connectivity index (χ4n) is 4.39. The lowest BCUT2D eigenvalue weighted by Gasteiger charge is -2.22. The fourth-order valence-corrected chi connectivity index (χ4v) is 4.39.